The molecule has 0 unspecified atom stereocenters. The topological polar surface area (TPSA) is 0 Å². The summed E-state index contributed by atoms with van der Waals surface area (Å²) in [6.07, 6.45) is 25.5. The standard InChI is InChI=1S/C14H19/c1-2-4-6-8-10-12-14-13-11-9-7-5-3-1/h1-2,5,8-11H,3-4,6,12-14H2/b2-1-,7-5?,10-8+,11-9+. The summed E-state index contributed by atoms with van der Waals surface area (Å²) in [6, 6.07) is 0. The molecule has 14 heavy (non-hydrogen) atoms. The van der Waals surface area contributed by atoms with Crippen LogP contribution in [0.1, 0.15) is 38.5 Å². The molecule has 1 rings (SSSR count). The Labute approximate surface area is 87.7 Å². The molecule has 1 aliphatic rings. The second-order valence-corrected chi connectivity index (χ2v) is 3.46. The van der Waals surface area contributed by atoms with Gasteiger partial charge in [-0.05, 0) is 44.6 Å². The summed E-state index contributed by atoms with van der Waals surface area (Å²) in [5, 5.41) is 0. The Bertz CT molecular complexity index is 228. The summed E-state index contributed by atoms with van der Waals surface area (Å²) in [6.45, 7) is 0. The molecule has 0 heteroatoms. The molecule has 0 aromatic carbocycles. The largest absolute Gasteiger partial charge is 0.0885 e. The highest BCUT2D eigenvalue weighted by atomic mass is 13.9. The molecule has 75 valence electrons. The first-order chi connectivity index (χ1) is 7.00. The van der Waals surface area contributed by atoms with Crippen molar-refractivity contribution in [3.8, 4) is 0 Å². The number of hydrogen-bond acceptors (Lipinski definition) is 0. The van der Waals surface area contributed by atoms with Crippen LogP contribution >= 0.6 is 0 Å². The van der Waals surface area contributed by atoms with E-state index in [1.807, 2.05) is 6.08 Å². The highest BCUT2D eigenvalue weighted by molar-refractivity contribution is 4.99. The van der Waals surface area contributed by atoms with E-state index in [1.54, 1.807) is 0 Å². The van der Waals surface area contributed by atoms with Crippen molar-refractivity contribution in [1.82, 2.24) is 0 Å². The molecule has 0 aromatic rings. The molecule has 0 atom stereocenters. The molecule has 0 amide bonds. The van der Waals surface area contributed by atoms with Gasteiger partial charge in [-0.3, -0.25) is 0 Å². The van der Waals surface area contributed by atoms with Crippen molar-refractivity contribution in [3.63, 3.8) is 0 Å². The quantitative estimate of drug-likeness (QED) is 0.494. The summed E-state index contributed by atoms with van der Waals surface area (Å²) < 4.78 is 0. The van der Waals surface area contributed by atoms with Crippen molar-refractivity contribution in [2.24, 2.45) is 0 Å². The van der Waals surface area contributed by atoms with Crippen molar-refractivity contribution in [2.45, 2.75) is 38.5 Å². The monoisotopic (exact) mass is 187 g/mol. The summed E-state index contributed by atoms with van der Waals surface area (Å²) in [4.78, 5) is 0. The van der Waals surface area contributed by atoms with Crippen molar-refractivity contribution < 1.29 is 0 Å². The van der Waals surface area contributed by atoms with Crippen LogP contribution in [-0.4, -0.2) is 0 Å². The van der Waals surface area contributed by atoms with Gasteiger partial charge in [-0.15, -0.1) is 0 Å². The van der Waals surface area contributed by atoms with Crippen molar-refractivity contribution in [2.75, 3.05) is 0 Å². The van der Waals surface area contributed by atoms with Crippen LogP contribution in [-0.2, 0) is 0 Å². The lowest BCUT2D eigenvalue weighted by Gasteiger charge is -1.91. The van der Waals surface area contributed by atoms with Gasteiger partial charge in [-0.25, -0.2) is 0 Å². The van der Waals surface area contributed by atoms with E-state index in [4.69, 9.17) is 0 Å². The molecule has 0 aliphatic heterocycles. The zero-order valence-electron chi connectivity index (χ0n) is 8.78. The molecule has 0 N–H and O–H groups in total. The van der Waals surface area contributed by atoms with Crippen molar-refractivity contribution in [1.29, 1.82) is 0 Å². The van der Waals surface area contributed by atoms with Gasteiger partial charge in [0.1, 0.15) is 0 Å². The van der Waals surface area contributed by atoms with Crippen LogP contribution in [0.2, 0.25) is 0 Å². The fraction of sp³-hybridized carbons (Fsp3) is 0.429. The maximum absolute atomic E-state index is 3.16. The van der Waals surface area contributed by atoms with E-state index >= 15 is 0 Å². The molecule has 0 nitrogen and oxygen atoms in total. The maximum atomic E-state index is 3.16. The van der Waals surface area contributed by atoms with E-state index in [-0.39, 0.29) is 0 Å². The first kappa shape index (κ1) is 11.0. The lowest BCUT2D eigenvalue weighted by molar-refractivity contribution is 0.862. The first-order valence-electron chi connectivity index (χ1n) is 5.53. The van der Waals surface area contributed by atoms with E-state index in [2.05, 4.69) is 42.5 Å². The average Bonchev–Trinajstić information content (AvgIpc) is 2.22. The van der Waals surface area contributed by atoms with Gasteiger partial charge >= 0.3 is 0 Å². The second-order valence-electron chi connectivity index (χ2n) is 3.46. The van der Waals surface area contributed by atoms with E-state index in [9.17, 15) is 0 Å². The third kappa shape index (κ3) is 6.47. The van der Waals surface area contributed by atoms with Crippen LogP contribution in [0.4, 0.5) is 0 Å². The van der Waals surface area contributed by atoms with Gasteiger partial charge in [0.25, 0.3) is 0 Å². The first-order valence-corrected chi connectivity index (χ1v) is 5.53. The lowest BCUT2D eigenvalue weighted by Crippen LogP contribution is -1.71. The highest BCUT2D eigenvalue weighted by Crippen LogP contribution is 2.02. The molecule has 1 aliphatic carbocycles. The molecule has 0 heterocycles. The average molecular weight is 187 g/mol. The van der Waals surface area contributed by atoms with Crippen molar-refractivity contribution in [3.05, 3.63) is 48.6 Å². The zero-order chi connectivity index (χ0) is 9.90. The van der Waals surface area contributed by atoms with Gasteiger partial charge in [0.2, 0.25) is 0 Å². The molecule has 0 saturated carbocycles. The van der Waals surface area contributed by atoms with Crippen LogP contribution in [0.15, 0.2) is 42.5 Å². The minimum absolute atomic E-state index is 1.01. The van der Waals surface area contributed by atoms with Gasteiger partial charge in [-0.2, -0.15) is 0 Å². The fourth-order valence-electron chi connectivity index (χ4n) is 1.35. The summed E-state index contributed by atoms with van der Waals surface area (Å²) in [5.74, 6) is 0. The van der Waals surface area contributed by atoms with Gasteiger partial charge < -0.3 is 0 Å². The van der Waals surface area contributed by atoms with Gasteiger partial charge in [0, 0.05) is 0 Å². The summed E-state index contributed by atoms with van der Waals surface area (Å²) in [5.41, 5.74) is 0. The lowest BCUT2D eigenvalue weighted by atomic mass is 10.2. The molecule has 0 aromatic heterocycles. The third-order valence-electron chi connectivity index (χ3n) is 2.16. The Balaban J connectivity index is 2.34. The minimum Gasteiger partial charge on any atom is -0.0885 e. The van der Waals surface area contributed by atoms with E-state index < -0.39 is 0 Å². The number of rotatable bonds is 0. The predicted molar refractivity (Wildman–Crippen MR) is 62.9 cm³/mol. The van der Waals surface area contributed by atoms with Crippen LogP contribution < -0.4 is 0 Å². The Morgan fingerprint density at radius 1 is 0.714 bits per heavy atom. The predicted octanol–water partition coefficient (Wildman–Crippen LogP) is 4.37. The normalized spacial score (nSPS) is 28.6. The summed E-state index contributed by atoms with van der Waals surface area (Å²) in [7, 11) is 0. The van der Waals surface area contributed by atoms with Crippen LogP contribution in [0, 0.1) is 6.08 Å². The van der Waals surface area contributed by atoms with Crippen LogP contribution in [0.3, 0.4) is 0 Å². The Kier molecular flexibility index (Phi) is 6.74. The SMILES string of the molecule is [C]1=C/C/C=C\CC/C=C/CCC/C=C/1. The van der Waals surface area contributed by atoms with Gasteiger partial charge in [0.05, 0.1) is 0 Å². The number of allylic oxidation sites excluding steroid dienone is 8. The van der Waals surface area contributed by atoms with Crippen LogP contribution in [0.25, 0.3) is 0 Å². The van der Waals surface area contributed by atoms with E-state index in [1.165, 1.54) is 32.1 Å². The molecule has 0 saturated heterocycles. The van der Waals surface area contributed by atoms with Gasteiger partial charge in [-0.1, -0.05) is 42.5 Å². The highest BCUT2D eigenvalue weighted by Gasteiger charge is 1.82. The molecule has 0 spiro atoms. The zero-order valence-corrected chi connectivity index (χ0v) is 8.78. The van der Waals surface area contributed by atoms with E-state index in [0.717, 1.165) is 6.42 Å². The smallest absolute Gasteiger partial charge is 0.0160 e. The van der Waals surface area contributed by atoms with Crippen molar-refractivity contribution >= 4 is 0 Å². The molecule has 1 radical (unpaired) electrons. The van der Waals surface area contributed by atoms with Gasteiger partial charge in [0.15, 0.2) is 0 Å². The second kappa shape index (κ2) is 8.55. The number of hydrogen-bond donors (Lipinski definition) is 0. The molecule has 0 bridgehead atoms. The Morgan fingerprint density at radius 3 is 2.36 bits per heavy atom. The molecular formula is C14H19. The summed E-state index contributed by atoms with van der Waals surface area (Å²) >= 11 is 0. The Morgan fingerprint density at radius 2 is 1.43 bits per heavy atom. The Hall–Kier alpha value is -1.04. The molecule has 0 fully saturated rings. The van der Waals surface area contributed by atoms with E-state index in [0.29, 0.717) is 0 Å². The molecular weight excluding hydrogens is 168 g/mol. The fourth-order valence-corrected chi connectivity index (χ4v) is 1.35. The third-order valence-corrected chi connectivity index (χ3v) is 2.16. The minimum atomic E-state index is 1.01. The van der Waals surface area contributed by atoms with Crippen LogP contribution in [0.5, 0.6) is 0 Å². The maximum Gasteiger partial charge on any atom is -0.0160 e.